The fraction of sp³-hybridized carbons (Fsp3) is 0.636. The predicted molar refractivity (Wildman–Crippen MR) is 67.0 cm³/mol. The van der Waals surface area contributed by atoms with Gasteiger partial charge in [0.15, 0.2) is 5.03 Å². The number of piperidine rings is 1. The number of aryl methyl sites for hydroxylation is 1. The van der Waals surface area contributed by atoms with Crippen molar-refractivity contribution < 1.29 is 18.3 Å². The van der Waals surface area contributed by atoms with Crippen molar-refractivity contribution in [3.8, 4) is 0 Å². The van der Waals surface area contributed by atoms with Crippen molar-refractivity contribution in [2.24, 2.45) is 5.92 Å². The van der Waals surface area contributed by atoms with E-state index in [-0.39, 0.29) is 11.6 Å². The molecule has 1 N–H and O–H groups in total. The highest BCUT2D eigenvalue weighted by molar-refractivity contribution is 7.89. The molecule has 2 heterocycles. The van der Waals surface area contributed by atoms with Crippen LogP contribution >= 0.6 is 0 Å². The second kappa shape index (κ2) is 5.30. The van der Waals surface area contributed by atoms with Crippen molar-refractivity contribution in [2.75, 3.05) is 13.1 Å². The lowest BCUT2D eigenvalue weighted by atomic mass is 10.0. The minimum absolute atomic E-state index is 0.0135. The number of carbonyl (C=O) groups is 1. The molecular formula is C11H17N3O4S. The number of nitrogens with zero attached hydrogens (tertiary/aromatic N) is 3. The summed E-state index contributed by atoms with van der Waals surface area (Å²) in [5.74, 6) is -1.57. The molecule has 8 heteroatoms. The quantitative estimate of drug-likeness (QED) is 0.864. The molecule has 0 bridgehead atoms. The highest BCUT2D eigenvalue weighted by atomic mass is 32.2. The highest BCUT2D eigenvalue weighted by Crippen LogP contribution is 2.22. The number of carboxylic acids is 1. The Morgan fingerprint density at radius 3 is 2.89 bits per heavy atom. The van der Waals surface area contributed by atoms with Gasteiger partial charge in [-0.1, -0.05) is 0 Å². The molecule has 0 amide bonds. The number of carboxylic acid groups (broad SMARTS) is 1. The van der Waals surface area contributed by atoms with Crippen molar-refractivity contribution in [3.05, 3.63) is 12.5 Å². The van der Waals surface area contributed by atoms with Gasteiger partial charge in [0.05, 0.1) is 12.2 Å². The molecule has 2 rings (SSSR count). The lowest BCUT2D eigenvalue weighted by Gasteiger charge is -2.29. The fourth-order valence-corrected chi connectivity index (χ4v) is 3.60. The first-order valence-corrected chi connectivity index (χ1v) is 7.64. The summed E-state index contributed by atoms with van der Waals surface area (Å²) in [5, 5.41) is 8.98. The van der Waals surface area contributed by atoms with Crippen LogP contribution in [0.5, 0.6) is 0 Å². The lowest BCUT2D eigenvalue weighted by molar-refractivity contribution is -0.142. The molecule has 1 unspecified atom stereocenters. The zero-order valence-electron chi connectivity index (χ0n) is 10.7. The summed E-state index contributed by atoms with van der Waals surface area (Å²) < 4.78 is 27.6. The third kappa shape index (κ3) is 2.79. The predicted octanol–water partition coefficient (Wildman–Crippen LogP) is 0.388. The average molecular weight is 287 g/mol. The van der Waals surface area contributed by atoms with Gasteiger partial charge in [0.2, 0.25) is 0 Å². The second-order valence-corrected chi connectivity index (χ2v) is 6.47. The maximum absolute atomic E-state index is 12.3. The van der Waals surface area contributed by atoms with E-state index in [1.165, 1.54) is 16.8 Å². The van der Waals surface area contributed by atoms with Crippen LogP contribution in [0.2, 0.25) is 0 Å². The van der Waals surface area contributed by atoms with Crippen LogP contribution in [-0.2, 0) is 21.4 Å². The number of hydrogen-bond acceptors (Lipinski definition) is 4. The van der Waals surface area contributed by atoms with E-state index in [0.29, 0.717) is 25.9 Å². The molecule has 106 valence electrons. The molecule has 7 nitrogen and oxygen atoms in total. The Hall–Kier alpha value is -1.41. The highest BCUT2D eigenvalue weighted by Gasteiger charge is 2.34. The van der Waals surface area contributed by atoms with E-state index in [1.807, 2.05) is 6.92 Å². The number of hydrogen-bond donors (Lipinski definition) is 1. The van der Waals surface area contributed by atoms with E-state index in [9.17, 15) is 13.2 Å². The minimum Gasteiger partial charge on any atom is -0.481 e. The SMILES string of the molecule is CCn1cnc(S(=O)(=O)N2CCCC(C(=O)O)C2)c1. The Balaban J connectivity index is 2.21. The molecule has 0 aromatic carbocycles. The number of rotatable bonds is 4. The molecule has 1 atom stereocenters. The van der Waals surface area contributed by atoms with Crippen LogP contribution in [0.1, 0.15) is 19.8 Å². The van der Waals surface area contributed by atoms with Gasteiger partial charge in [0.1, 0.15) is 0 Å². The van der Waals surface area contributed by atoms with Crippen LogP contribution in [0.4, 0.5) is 0 Å². The van der Waals surface area contributed by atoms with Crippen LogP contribution in [0.15, 0.2) is 17.6 Å². The van der Waals surface area contributed by atoms with Gasteiger partial charge >= 0.3 is 5.97 Å². The van der Waals surface area contributed by atoms with Crippen molar-refractivity contribution in [3.63, 3.8) is 0 Å². The maximum Gasteiger partial charge on any atom is 0.307 e. The number of aliphatic carboxylic acids is 1. The smallest absolute Gasteiger partial charge is 0.307 e. The fourth-order valence-electron chi connectivity index (χ4n) is 2.14. The van der Waals surface area contributed by atoms with Gasteiger partial charge < -0.3 is 9.67 Å². The molecule has 1 aromatic rings. The van der Waals surface area contributed by atoms with Crippen LogP contribution in [0, 0.1) is 5.92 Å². The molecule has 0 aliphatic carbocycles. The molecule has 1 fully saturated rings. The normalized spacial score (nSPS) is 21.4. The van der Waals surface area contributed by atoms with Crippen LogP contribution in [0.3, 0.4) is 0 Å². The number of aromatic nitrogens is 2. The van der Waals surface area contributed by atoms with E-state index < -0.39 is 21.9 Å². The second-order valence-electron chi connectivity index (χ2n) is 4.58. The zero-order chi connectivity index (χ0) is 14.0. The van der Waals surface area contributed by atoms with Crippen molar-refractivity contribution in [1.29, 1.82) is 0 Å². The van der Waals surface area contributed by atoms with Gasteiger partial charge in [0.25, 0.3) is 10.0 Å². The number of sulfonamides is 1. The summed E-state index contributed by atoms with van der Waals surface area (Å²) in [6.45, 7) is 2.90. The standard InChI is InChI=1S/C11H17N3O4S/c1-2-13-7-10(12-8-13)19(17,18)14-5-3-4-9(6-14)11(15)16/h7-9H,2-6H2,1H3,(H,15,16). The minimum atomic E-state index is -3.68. The molecular weight excluding hydrogens is 270 g/mol. The van der Waals surface area contributed by atoms with Crippen molar-refractivity contribution in [1.82, 2.24) is 13.9 Å². The van der Waals surface area contributed by atoms with Crippen molar-refractivity contribution >= 4 is 16.0 Å². The zero-order valence-corrected chi connectivity index (χ0v) is 11.5. The Morgan fingerprint density at radius 2 is 2.32 bits per heavy atom. The molecule has 19 heavy (non-hydrogen) atoms. The molecule has 0 saturated carbocycles. The van der Waals surface area contributed by atoms with Crippen LogP contribution in [0.25, 0.3) is 0 Å². The lowest BCUT2D eigenvalue weighted by Crippen LogP contribution is -2.42. The number of imidazole rings is 1. The van der Waals surface area contributed by atoms with E-state index in [2.05, 4.69) is 4.98 Å². The summed E-state index contributed by atoms with van der Waals surface area (Å²) in [7, 11) is -3.68. The Bertz CT molecular complexity index is 566. The van der Waals surface area contributed by atoms with Gasteiger partial charge in [-0.25, -0.2) is 13.4 Å². The maximum atomic E-state index is 12.3. The molecule has 1 aliphatic heterocycles. The molecule has 0 spiro atoms. The third-order valence-electron chi connectivity index (χ3n) is 3.31. The summed E-state index contributed by atoms with van der Waals surface area (Å²) in [6, 6.07) is 0. The summed E-state index contributed by atoms with van der Waals surface area (Å²) in [4.78, 5) is 14.9. The molecule has 1 aromatic heterocycles. The summed E-state index contributed by atoms with van der Waals surface area (Å²) >= 11 is 0. The van der Waals surface area contributed by atoms with Gasteiger partial charge in [-0.05, 0) is 19.8 Å². The topological polar surface area (TPSA) is 92.5 Å². The van der Waals surface area contributed by atoms with Gasteiger partial charge in [-0.2, -0.15) is 4.31 Å². The van der Waals surface area contributed by atoms with Crippen molar-refractivity contribution in [2.45, 2.75) is 31.3 Å². The Labute approximate surface area is 111 Å². The van der Waals surface area contributed by atoms with Gasteiger partial charge in [-0.15, -0.1) is 0 Å². The van der Waals surface area contributed by atoms with E-state index in [4.69, 9.17) is 5.11 Å². The first-order chi connectivity index (χ1) is 8.95. The molecule has 0 radical (unpaired) electrons. The Morgan fingerprint density at radius 1 is 1.58 bits per heavy atom. The van der Waals surface area contributed by atoms with Gasteiger partial charge in [-0.3, -0.25) is 4.79 Å². The van der Waals surface area contributed by atoms with Gasteiger partial charge in [0, 0.05) is 25.8 Å². The third-order valence-corrected chi connectivity index (χ3v) is 5.06. The van der Waals surface area contributed by atoms with Crippen LogP contribution < -0.4 is 0 Å². The average Bonchev–Trinajstić information content (AvgIpc) is 2.88. The van der Waals surface area contributed by atoms with E-state index in [0.717, 1.165) is 0 Å². The monoisotopic (exact) mass is 287 g/mol. The van der Waals surface area contributed by atoms with E-state index >= 15 is 0 Å². The van der Waals surface area contributed by atoms with E-state index in [1.54, 1.807) is 4.57 Å². The first-order valence-electron chi connectivity index (χ1n) is 6.20. The molecule has 1 saturated heterocycles. The van der Waals surface area contributed by atoms with Crippen LogP contribution in [-0.4, -0.2) is 46.4 Å². The molecule has 1 aliphatic rings. The largest absolute Gasteiger partial charge is 0.481 e. The first kappa shape index (κ1) is 14.0. The Kier molecular flexibility index (Phi) is 3.91. The summed E-state index contributed by atoms with van der Waals surface area (Å²) in [6.07, 6.45) is 4.01. The summed E-state index contributed by atoms with van der Waals surface area (Å²) in [5.41, 5.74) is 0.